The van der Waals surface area contributed by atoms with Crippen molar-refractivity contribution in [1.29, 1.82) is 0 Å². The zero-order valence-corrected chi connectivity index (χ0v) is 11.7. The Kier molecular flexibility index (Phi) is 3.16. The van der Waals surface area contributed by atoms with Crippen molar-refractivity contribution in [1.82, 2.24) is 0 Å². The number of phenolic OH excluding ortho intramolecular Hbond substituents is 1. The molecule has 0 radical (unpaired) electrons. The number of rotatable bonds is 2. The lowest BCUT2D eigenvalue weighted by Gasteiger charge is -2.08. The van der Waals surface area contributed by atoms with Crippen LogP contribution in [0.5, 0.6) is 5.75 Å². The number of carbonyl (C=O) groups excluding carboxylic acids is 1. The fraction of sp³-hybridized carbons (Fsp3) is 0.0625. The first-order chi connectivity index (χ1) is 9.65. The maximum atomic E-state index is 12.3. The van der Waals surface area contributed by atoms with Crippen molar-refractivity contribution in [2.45, 2.75) is 6.92 Å². The van der Waals surface area contributed by atoms with E-state index in [2.05, 4.69) is 5.32 Å². The van der Waals surface area contributed by atoms with Crippen molar-refractivity contribution in [3.8, 4) is 5.75 Å². The van der Waals surface area contributed by atoms with Gasteiger partial charge < -0.3 is 10.4 Å². The molecule has 3 rings (SSSR count). The third-order valence-electron chi connectivity index (χ3n) is 3.20. The van der Waals surface area contributed by atoms with Crippen LogP contribution in [0.2, 0.25) is 0 Å². The molecule has 0 aliphatic heterocycles. The lowest BCUT2D eigenvalue weighted by molar-refractivity contribution is 0.103. The second-order valence-electron chi connectivity index (χ2n) is 4.55. The van der Waals surface area contributed by atoms with Gasteiger partial charge in [0.15, 0.2) is 0 Å². The summed E-state index contributed by atoms with van der Waals surface area (Å²) < 4.78 is 1.09. The molecule has 2 aromatic carbocycles. The minimum Gasteiger partial charge on any atom is -0.508 e. The van der Waals surface area contributed by atoms with E-state index in [1.165, 1.54) is 11.3 Å². The summed E-state index contributed by atoms with van der Waals surface area (Å²) in [5.74, 6) is 0.0269. The first-order valence-corrected chi connectivity index (χ1v) is 7.05. The molecule has 4 heteroatoms. The van der Waals surface area contributed by atoms with Crippen molar-refractivity contribution < 1.29 is 9.90 Å². The Morgan fingerprint density at radius 1 is 1.15 bits per heavy atom. The molecule has 20 heavy (non-hydrogen) atoms. The van der Waals surface area contributed by atoms with E-state index < -0.39 is 0 Å². The fourth-order valence-electron chi connectivity index (χ4n) is 2.04. The highest BCUT2D eigenvalue weighted by Gasteiger charge is 2.12. The van der Waals surface area contributed by atoms with Crippen LogP contribution in [0.4, 0.5) is 5.69 Å². The number of amides is 1. The highest BCUT2D eigenvalue weighted by Crippen LogP contribution is 2.28. The Bertz CT molecular complexity index is 759. The number of aromatic hydroxyl groups is 1. The number of hydrogen-bond acceptors (Lipinski definition) is 3. The number of phenols is 1. The molecule has 0 fully saturated rings. The van der Waals surface area contributed by atoms with Crippen LogP contribution in [0.15, 0.2) is 48.5 Å². The lowest BCUT2D eigenvalue weighted by atomic mass is 10.2. The monoisotopic (exact) mass is 283 g/mol. The standard InChI is InChI=1S/C16H13NO2S/c1-10-12(6-4-7-13(10)18)17-16(19)15-9-11-5-2-3-8-14(11)20-15/h2-9,18H,1H3,(H,17,19). The van der Waals surface area contributed by atoms with E-state index in [0.717, 1.165) is 10.1 Å². The van der Waals surface area contributed by atoms with Crippen molar-refractivity contribution in [2.75, 3.05) is 5.32 Å². The molecular formula is C16H13NO2S. The Morgan fingerprint density at radius 3 is 2.75 bits per heavy atom. The maximum Gasteiger partial charge on any atom is 0.265 e. The number of benzene rings is 2. The van der Waals surface area contributed by atoms with Crippen molar-refractivity contribution >= 4 is 33.0 Å². The number of hydrogen-bond donors (Lipinski definition) is 2. The van der Waals surface area contributed by atoms with Crippen LogP contribution in [0.3, 0.4) is 0 Å². The van der Waals surface area contributed by atoms with E-state index in [1.807, 2.05) is 30.3 Å². The molecule has 100 valence electrons. The Hall–Kier alpha value is -2.33. The van der Waals surface area contributed by atoms with Gasteiger partial charge in [-0.15, -0.1) is 11.3 Å². The molecule has 0 saturated carbocycles. The normalized spacial score (nSPS) is 10.7. The summed E-state index contributed by atoms with van der Waals surface area (Å²) in [6.45, 7) is 1.77. The minimum atomic E-state index is -0.153. The molecule has 0 aliphatic carbocycles. The van der Waals surface area contributed by atoms with Gasteiger partial charge in [-0.1, -0.05) is 24.3 Å². The molecular weight excluding hydrogens is 270 g/mol. The Morgan fingerprint density at radius 2 is 1.95 bits per heavy atom. The van der Waals surface area contributed by atoms with Gasteiger partial charge in [-0.2, -0.15) is 0 Å². The van der Waals surface area contributed by atoms with E-state index in [1.54, 1.807) is 25.1 Å². The summed E-state index contributed by atoms with van der Waals surface area (Å²) in [6.07, 6.45) is 0. The summed E-state index contributed by atoms with van der Waals surface area (Å²) >= 11 is 1.46. The van der Waals surface area contributed by atoms with Crippen LogP contribution < -0.4 is 5.32 Å². The third kappa shape index (κ3) is 2.26. The van der Waals surface area contributed by atoms with E-state index in [-0.39, 0.29) is 11.7 Å². The molecule has 0 aliphatic rings. The van der Waals surface area contributed by atoms with Gasteiger partial charge in [-0.25, -0.2) is 0 Å². The van der Waals surface area contributed by atoms with Crippen LogP contribution >= 0.6 is 11.3 Å². The summed E-state index contributed by atoms with van der Waals surface area (Å²) in [4.78, 5) is 12.9. The molecule has 2 N–H and O–H groups in total. The van der Waals surface area contributed by atoms with Crippen LogP contribution in [-0.2, 0) is 0 Å². The Balaban J connectivity index is 1.91. The highest BCUT2D eigenvalue weighted by molar-refractivity contribution is 7.20. The zero-order chi connectivity index (χ0) is 14.1. The average molecular weight is 283 g/mol. The fourth-order valence-corrected chi connectivity index (χ4v) is 2.99. The number of fused-ring (bicyclic) bond motifs is 1. The van der Waals surface area contributed by atoms with Crippen LogP contribution in [0.25, 0.3) is 10.1 Å². The van der Waals surface area contributed by atoms with Gasteiger partial charge in [0, 0.05) is 16.0 Å². The summed E-state index contributed by atoms with van der Waals surface area (Å²) in [7, 11) is 0. The predicted molar refractivity (Wildman–Crippen MR) is 82.6 cm³/mol. The molecule has 0 spiro atoms. The van der Waals surface area contributed by atoms with Gasteiger partial charge in [0.05, 0.1) is 4.88 Å². The third-order valence-corrected chi connectivity index (χ3v) is 4.32. The van der Waals surface area contributed by atoms with Gasteiger partial charge >= 0.3 is 0 Å². The summed E-state index contributed by atoms with van der Waals surface area (Å²) in [5, 5.41) is 13.6. The van der Waals surface area contributed by atoms with E-state index in [4.69, 9.17) is 0 Å². The zero-order valence-electron chi connectivity index (χ0n) is 10.9. The SMILES string of the molecule is Cc1c(O)cccc1NC(=O)c1cc2ccccc2s1. The smallest absolute Gasteiger partial charge is 0.265 e. The van der Waals surface area contributed by atoms with Crippen molar-refractivity contribution in [3.63, 3.8) is 0 Å². The molecule has 0 atom stereocenters. The maximum absolute atomic E-state index is 12.3. The van der Waals surface area contributed by atoms with Gasteiger partial charge in [-0.3, -0.25) is 4.79 Å². The van der Waals surface area contributed by atoms with E-state index in [0.29, 0.717) is 16.1 Å². The number of carbonyl (C=O) groups is 1. The summed E-state index contributed by atoms with van der Waals surface area (Å²) in [6, 6.07) is 14.9. The number of anilines is 1. The topological polar surface area (TPSA) is 49.3 Å². The predicted octanol–water partition coefficient (Wildman–Crippen LogP) is 4.17. The molecule has 1 heterocycles. The average Bonchev–Trinajstić information content (AvgIpc) is 2.88. The molecule has 1 aromatic heterocycles. The van der Waals surface area contributed by atoms with Gasteiger partial charge in [0.2, 0.25) is 0 Å². The summed E-state index contributed by atoms with van der Waals surface area (Å²) in [5.41, 5.74) is 1.30. The molecule has 0 saturated heterocycles. The largest absolute Gasteiger partial charge is 0.508 e. The van der Waals surface area contributed by atoms with Crippen molar-refractivity contribution in [3.05, 3.63) is 59.0 Å². The van der Waals surface area contributed by atoms with Crippen LogP contribution in [0.1, 0.15) is 15.2 Å². The number of thiophene rings is 1. The second kappa shape index (κ2) is 4.98. The molecule has 1 amide bonds. The van der Waals surface area contributed by atoms with Gasteiger partial charge in [0.25, 0.3) is 5.91 Å². The van der Waals surface area contributed by atoms with Gasteiger partial charge in [-0.05, 0) is 36.6 Å². The molecule has 3 nitrogen and oxygen atoms in total. The minimum absolute atomic E-state index is 0.153. The molecule has 3 aromatic rings. The number of nitrogens with one attached hydrogen (secondary N) is 1. The van der Waals surface area contributed by atoms with E-state index in [9.17, 15) is 9.90 Å². The highest BCUT2D eigenvalue weighted by atomic mass is 32.1. The first-order valence-electron chi connectivity index (χ1n) is 6.23. The van der Waals surface area contributed by atoms with Crippen molar-refractivity contribution in [2.24, 2.45) is 0 Å². The molecule has 0 bridgehead atoms. The van der Waals surface area contributed by atoms with Gasteiger partial charge in [0.1, 0.15) is 5.75 Å². The first kappa shape index (κ1) is 12.7. The van der Waals surface area contributed by atoms with Crippen LogP contribution in [0, 0.1) is 6.92 Å². The quantitative estimate of drug-likeness (QED) is 0.741. The van der Waals surface area contributed by atoms with Crippen LogP contribution in [-0.4, -0.2) is 11.0 Å². The Labute approximate surface area is 120 Å². The van der Waals surface area contributed by atoms with E-state index >= 15 is 0 Å². The second-order valence-corrected chi connectivity index (χ2v) is 5.64. The lowest BCUT2D eigenvalue weighted by Crippen LogP contribution is -2.10. The molecule has 0 unspecified atom stereocenters.